The summed E-state index contributed by atoms with van der Waals surface area (Å²) in [5.74, 6) is 2.66. The van der Waals surface area contributed by atoms with E-state index in [4.69, 9.17) is 0 Å². The predicted octanol–water partition coefficient (Wildman–Crippen LogP) is 3.02. The van der Waals surface area contributed by atoms with E-state index in [1.54, 1.807) is 12.1 Å². The van der Waals surface area contributed by atoms with Crippen LogP contribution in [0.15, 0.2) is 30.5 Å². The van der Waals surface area contributed by atoms with Gasteiger partial charge in [0, 0.05) is 18.2 Å². The van der Waals surface area contributed by atoms with Gasteiger partial charge >= 0.3 is 0 Å². The number of benzene rings is 1. The zero-order chi connectivity index (χ0) is 20.0. The van der Waals surface area contributed by atoms with E-state index in [-0.39, 0.29) is 11.8 Å². The molecule has 150 valence electrons. The van der Waals surface area contributed by atoms with E-state index in [1.807, 2.05) is 12.1 Å². The van der Waals surface area contributed by atoms with Crippen LogP contribution in [0.3, 0.4) is 0 Å². The van der Waals surface area contributed by atoms with Crippen molar-refractivity contribution in [3.63, 3.8) is 0 Å². The summed E-state index contributed by atoms with van der Waals surface area (Å²) in [6, 6.07) is 9.54. The van der Waals surface area contributed by atoms with Gasteiger partial charge in [-0.2, -0.15) is 10.2 Å². The third-order valence-corrected chi connectivity index (χ3v) is 6.88. The molecular formula is C22H25N5O2. The Balaban J connectivity index is 1.34. The number of rotatable bonds is 5. The lowest BCUT2D eigenvalue weighted by Crippen LogP contribution is -2.59. The maximum Gasteiger partial charge on any atom is 0.224 e. The van der Waals surface area contributed by atoms with Crippen molar-refractivity contribution in [2.45, 2.75) is 50.3 Å². The number of anilines is 2. The molecule has 4 fully saturated rings. The van der Waals surface area contributed by atoms with Gasteiger partial charge < -0.3 is 20.8 Å². The third kappa shape index (κ3) is 3.38. The number of phenols is 1. The number of nitrogens with one attached hydrogen (secondary N) is 2. The van der Waals surface area contributed by atoms with Crippen LogP contribution < -0.4 is 10.6 Å². The number of phenolic OH excluding ortho intramolecular Hbond substituents is 1. The van der Waals surface area contributed by atoms with E-state index in [9.17, 15) is 15.5 Å². The smallest absolute Gasteiger partial charge is 0.224 e. The van der Waals surface area contributed by atoms with Crippen molar-refractivity contribution >= 4 is 11.8 Å². The Hall–Kier alpha value is -2.85. The summed E-state index contributed by atoms with van der Waals surface area (Å²) in [6.07, 6.45) is 6.44. The second-order valence-corrected chi connectivity index (χ2v) is 8.91. The molecule has 4 N–H and O–H groups in total. The molecule has 1 heterocycles. The van der Waals surface area contributed by atoms with E-state index in [2.05, 4.69) is 26.7 Å². The first-order chi connectivity index (χ1) is 14.0. The molecule has 0 saturated heterocycles. The maximum atomic E-state index is 10.8. The van der Waals surface area contributed by atoms with Gasteiger partial charge in [-0.3, -0.25) is 0 Å². The van der Waals surface area contributed by atoms with Gasteiger partial charge in [0.05, 0.1) is 11.8 Å². The fraction of sp³-hybridized carbons (Fsp3) is 0.500. The molecule has 0 radical (unpaired) electrons. The van der Waals surface area contributed by atoms with E-state index < -0.39 is 5.60 Å². The van der Waals surface area contributed by atoms with Crippen LogP contribution in [0.4, 0.5) is 11.8 Å². The summed E-state index contributed by atoms with van der Waals surface area (Å²) in [5.41, 5.74) is 0.692. The largest absolute Gasteiger partial charge is 0.508 e. The van der Waals surface area contributed by atoms with Gasteiger partial charge in [-0.25, -0.2) is 4.98 Å². The standard InChI is InChI=1S/C22H25N5O2/c23-10-17-12-25-21(24-11-14-3-1-2-4-18(14)28)27-20(17)26-19-15-5-13-6-16(19)9-22(29,7-13)8-15/h1-4,12-13,15-16,19,28-29H,5-9,11H2,(H2,24,25,26,27)/t13?,15-,16+,19+,22-. The number of aromatic hydroxyl groups is 1. The molecule has 6 rings (SSSR count). The SMILES string of the molecule is N#Cc1cnc(NCc2ccccc2O)nc1N[C@H]1[C@@H]2CC3C[C@H]1C[C@@](O)(C3)C2. The number of aliphatic hydroxyl groups is 1. The second-order valence-electron chi connectivity index (χ2n) is 8.91. The van der Waals surface area contributed by atoms with Crippen LogP contribution in [0.5, 0.6) is 5.75 Å². The summed E-state index contributed by atoms with van der Waals surface area (Å²) >= 11 is 0. The van der Waals surface area contributed by atoms with E-state index in [0.29, 0.717) is 41.6 Å². The first-order valence-corrected chi connectivity index (χ1v) is 10.3. The molecule has 29 heavy (non-hydrogen) atoms. The highest BCUT2D eigenvalue weighted by Crippen LogP contribution is 2.56. The number of nitrogens with zero attached hydrogens (tertiary/aromatic N) is 3. The van der Waals surface area contributed by atoms with Gasteiger partial charge in [-0.15, -0.1) is 0 Å². The highest BCUT2D eigenvalue weighted by Gasteiger charge is 2.54. The van der Waals surface area contributed by atoms with Crippen molar-refractivity contribution in [1.82, 2.24) is 9.97 Å². The zero-order valence-electron chi connectivity index (χ0n) is 16.2. The third-order valence-electron chi connectivity index (χ3n) is 6.88. The molecular weight excluding hydrogens is 366 g/mol. The normalized spacial score (nSPS) is 32.0. The molecule has 4 aliphatic rings. The topological polar surface area (TPSA) is 114 Å². The molecule has 5 atom stereocenters. The van der Waals surface area contributed by atoms with E-state index in [1.165, 1.54) is 6.20 Å². The Kier molecular flexibility index (Phi) is 4.32. The number of hydrogen-bond donors (Lipinski definition) is 4. The molecule has 2 aromatic rings. The average Bonchev–Trinajstić information content (AvgIpc) is 2.69. The highest BCUT2D eigenvalue weighted by atomic mass is 16.3. The van der Waals surface area contributed by atoms with Crippen molar-refractivity contribution in [2.75, 3.05) is 10.6 Å². The van der Waals surface area contributed by atoms with Crippen LogP contribution in [-0.4, -0.2) is 31.8 Å². The Labute approximate surface area is 169 Å². The predicted molar refractivity (Wildman–Crippen MR) is 108 cm³/mol. The van der Waals surface area contributed by atoms with Gasteiger partial charge in [0.2, 0.25) is 5.95 Å². The molecule has 1 aromatic carbocycles. The van der Waals surface area contributed by atoms with Crippen LogP contribution in [0.25, 0.3) is 0 Å². The lowest BCUT2D eigenvalue weighted by molar-refractivity contribution is -0.129. The zero-order valence-corrected chi connectivity index (χ0v) is 16.2. The summed E-state index contributed by atoms with van der Waals surface area (Å²) in [7, 11) is 0. The van der Waals surface area contributed by atoms with Gasteiger partial charge in [-0.1, -0.05) is 18.2 Å². The van der Waals surface area contributed by atoms with Crippen molar-refractivity contribution in [1.29, 1.82) is 5.26 Å². The van der Waals surface area contributed by atoms with Crippen molar-refractivity contribution in [2.24, 2.45) is 17.8 Å². The second kappa shape index (κ2) is 6.89. The Bertz CT molecular complexity index is 956. The lowest BCUT2D eigenvalue weighted by Gasteiger charge is -2.58. The average molecular weight is 391 g/mol. The molecule has 0 spiro atoms. The van der Waals surface area contributed by atoms with Crippen LogP contribution in [0.1, 0.15) is 43.2 Å². The molecule has 1 unspecified atom stereocenters. The summed E-state index contributed by atoms with van der Waals surface area (Å²) in [6.45, 7) is 0.390. The number of para-hydroxylation sites is 1. The lowest BCUT2D eigenvalue weighted by atomic mass is 9.52. The van der Waals surface area contributed by atoms with Gasteiger partial charge in [0.15, 0.2) is 0 Å². The molecule has 0 amide bonds. The molecule has 4 bridgehead atoms. The van der Waals surface area contributed by atoms with E-state index in [0.717, 1.165) is 37.7 Å². The minimum atomic E-state index is -0.483. The minimum absolute atomic E-state index is 0.221. The minimum Gasteiger partial charge on any atom is -0.508 e. The highest BCUT2D eigenvalue weighted by molar-refractivity contribution is 5.54. The quantitative estimate of drug-likeness (QED) is 0.619. The van der Waals surface area contributed by atoms with Crippen LogP contribution in [0.2, 0.25) is 0 Å². The molecule has 1 aromatic heterocycles. The molecule has 0 aliphatic heterocycles. The van der Waals surface area contributed by atoms with Crippen LogP contribution in [-0.2, 0) is 6.54 Å². The Morgan fingerprint density at radius 3 is 2.62 bits per heavy atom. The molecule has 4 saturated carbocycles. The van der Waals surface area contributed by atoms with Crippen molar-refractivity contribution < 1.29 is 10.2 Å². The van der Waals surface area contributed by atoms with Gasteiger partial charge in [-0.05, 0) is 55.9 Å². The number of aromatic nitrogens is 2. The van der Waals surface area contributed by atoms with Gasteiger partial charge in [0.1, 0.15) is 23.2 Å². The summed E-state index contributed by atoms with van der Waals surface area (Å²) in [4.78, 5) is 8.80. The Morgan fingerprint density at radius 2 is 1.93 bits per heavy atom. The molecule has 7 nitrogen and oxygen atoms in total. The maximum absolute atomic E-state index is 10.8. The fourth-order valence-corrected chi connectivity index (χ4v) is 5.87. The van der Waals surface area contributed by atoms with Crippen LogP contribution in [0, 0.1) is 29.1 Å². The van der Waals surface area contributed by atoms with Crippen molar-refractivity contribution in [3.05, 3.63) is 41.6 Å². The summed E-state index contributed by atoms with van der Waals surface area (Å²) < 4.78 is 0. The van der Waals surface area contributed by atoms with E-state index >= 15 is 0 Å². The van der Waals surface area contributed by atoms with Gasteiger partial charge in [0.25, 0.3) is 0 Å². The van der Waals surface area contributed by atoms with Crippen molar-refractivity contribution in [3.8, 4) is 11.8 Å². The fourth-order valence-electron chi connectivity index (χ4n) is 5.87. The number of hydrogen-bond acceptors (Lipinski definition) is 7. The first-order valence-electron chi connectivity index (χ1n) is 10.3. The Morgan fingerprint density at radius 1 is 1.17 bits per heavy atom. The molecule has 7 heteroatoms. The first kappa shape index (κ1) is 18.2. The van der Waals surface area contributed by atoms with Crippen LogP contribution >= 0.6 is 0 Å². The monoisotopic (exact) mass is 391 g/mol. The number of nitriles is 1. The molecule has 4 aliphatic carbocycles. The summed E-state index contributed by atoms with van der Waals surface area (Å²) in [5, 5.41) is 36.9.